The summed E-state index contributed by atoms with van der Waals surface area (Å²) >= 11 is 0. The second-order valence-electron chi connectivity index (χ2n) is 5.97. The summed E-state index contributed by atoms with van der Waals surface area (Å²) in [5.74, 6) is -1.46. The highest BCUT2D eigenvalue weighted by molar-refractivity contribution is 7.91. The van der Waals surface area contributed by atoms with Gasteiger partial charge in [-0.25, -0.2) is 13.2 Å². The van der Waals surface area contributed by atoms with Gasteiger partial charge in [-0.05, 0) is 37.1 Å². The molecule has 0 saturated carbocycles. The average Bonchev–Trinajstić information content (AvgIpc) is 2.92. The molecular formula is C17H19F2NO6S. The van der Waals surface area contributed by atoms with E-state index in [0.29, 0.717) is 12.0 Å². The first kappa shape index (κ1) is 20.8. The molecule has 1 aromatic carbocycles. The van der Waals surface area contributed by atoms with E-state index >= 15 is 0 Å². The molecule has 1 N–H and O–H groups in total. The lowest BCUT2D eigenvalue weighted by Gasteiger charge is -2.15. The van der Waals surface area contributed by atoms with Gasteiger partial charge < -0.3 is 14.8 Å². The van der Waals surface area contributed by atoms with Crippen molar-refractivity contribution in [1.29, 1.82) is 0 Å². The molecule has 1 aliphatic rings. The third-order valence-electron chi connectivity index (χ3n) is 3.76. The first-order valence-corrected chi connectivity index (χ1v) is 9.91. The van der Waals surface area contributed by atoms with E-state index in [0.717, 1.165) is 6.08 Å². The highest BCUT2D eigenvalue weighted by Crippen LogP contribution is 2.16. The molecule has 1 aliphatic heterocycles. The lowest BCUT2D eigenvalue weighted by atomic mass is 10.2. The van der Waals surface area contributed by atoms with Crippen LogP contribution in [0.4, 0.5) is 8.78 Å². The zero-order valence-corrected chi connectivity index (χ0v) is 15.2. The van der Waals surface area contributed by atoms with Crippen molar-refractivity contribution in [3.63, 3.8) is 0 Å². The van der Waals surface area contributed by atoms with Crippen LogP contribution in [0.25, 0.3) is 6.08 Å². The predicted octanol–water partition coefficient (Wildman–Crippen LogP) is 1.54. The average molecular weight is 403 g/mol. The molecule has 0 aliphatic carbocycles. The Balaban J connectivity index is 1.81. The zero-order chi connectivity index (χ0) is 20.0. The molecule has 0 spiro atoms. The normalized spacial score (nSPS) is 19.8. The molecule has 2 rings (SSSR count). The maximum Gasteiger partial charge on any atom is 0.387 e. The van der Waals surface area contributed by atoms with Crippen molar-refractivity contribution in [3.05, 3.63) is 35.9 Å². The predicted molar refractivity (Wildman–Crippen MR) is 92.9 cm³/mol. The van der Waals surface area contributed by atoms with Crippen LogP contribution in [0.3, 0.4) is 0 Å². The maximum atomic E-state index is 12.1. The van der Waals surface area contributed by atoms with E-state index in [4.69, 9.17) is 4.74 Å². The van der Waals surface area contributed by atoms with Gasteiger partial charge in [-0.3, -0.25) is 4.79 Å². The Bertz CT molecular complexity index is 807. The van der Waals surface area contributed by atoms with Gasteiger partial charge in [-0.2, -0.15) is 8.78 Å². The number of hydrogen-bond donors (Lipinski definition) is 1. The van der Waals surface area contributed by atoms with Crippen molar-refractivity contribution in [1.82, 2.24) is 5.32 Å². The Hall–Kier alpha value is -2.49. The molecule has 148 valence electrons. The fraction of sp³-hybridized carbons (Fsp3) is 0.412. The van der Waals surface area contributed by atoms with Gasteiger partial charge >= 0.3 is 12.6 Å². The fourth-order valence-electron chi connectivity index (χ4n) is 2.42. The molecule has 1 fully saturated rings. The summed E-state index contributed by atoms with van der Waals surface area (Å²) < 4.78 is 56.1. The van der Waals surface area contributed by atoms with Crippen LogP contribution in [0.2, 0.25) is 0 Å². The molecule has 2 atom stereocenters. The summed E-state index contributed by atoms with van der Waals surface area (Å²) in [7, 11) is -3.12. The number of halogens is 2. The Morgan fingerprint density at radius 3 is 2.48 bits per heavy atom. The number of hydrogen-bond acceptors (Lipinski definition) is 6. The summed E-state index contributed by atoms with van der Waals surface area (Å²) in [6.45, 7) is -1.54. The van der Waals surface area contributed by atoms with Gasteiger partial charge in [-0.15, -0.1) is 0 Å². The van der Waals surface area contributed by atoms with Crippen LogP contribution < -0.4 is 10.1 Å². The van der Waals surface area contributed by atoms with Crippen LogP contribution >= 0.6 is 0 Å². The van der Waals surface area contributed by atoms with Gasteiger partial charge in [0.2, 0.25) is 0 Å². The molecule has 10 heteroatoms. The molecule has 7 nitrogen and oxygen atoms in total. The summed E-state index contributed by atoms with van der Waals surface area (Å²) in [6, 6.07) is 5.11. The van der Waals surface area contributed by atoms with Crippen LogP contribution in [0, 0.1) is 0 Å². The molecule has 1 aromatic rings. The van der Waals surface area contributed by atoms with Gasteiger partial charge in [0, 0.05) is 12.1 Å². The molecule has 0 bridgehead atoms. The molecule has 27 heavy (non-hydrogen) atoms. The summed E-state index contributed by atoms with van der Waals surface area (Å²) in [5, 5.41) is 2.54. The zero-order valence-electron chi connectivity index (χ0n) is 14.4. The number of benzene rings is 1. The van der Waals surface area contributed by atoms with Crippen molar-refractivity contribution in [2.45, 2.75) is 32.1 Å². The molecule has 1 amide bonds. The highest BCUT2D eigenvalue weighted by Gasteiger charge is 2.30. The SMILES string of the molecule is C[C@H](OC(=O)/C=C/c1ccc(OC(F)F)cc1)C(=O)N[C@@H]1CCS(=O)(=O)C1. The number of carbonyl (C=O) groups excluding carboxylic acids is 2. The van der Waals surface area contributed by atoms with Crippen LogP contribution in [-0.2, 0) is 24.2 Å². The van der Waals surface area contributed by atoms with Gasteiger partial charge in [0.05, 0.1) is 11.5 Å². The van der Waals surface area contributed by atoms with Gasteiger partial charge in [0.25, 0.3) is 5.91 Å². The Kier molecular flexibility index (Phi) is 6.89. The van der Waals surface area contributed by atoms with E-state index in [1.54, 1.807) is 0 Å². The third kappa shape index (κ3) is 6.97. The van der Waals surface area contributed by atoms with Crippen molar-refractivity contribution >= 4 is 27.8 Å². The minimum Gasteiger partial charge on any atom is -0.449 e. The minimum atomic E-state index is -3.12. The van der Waals surface area contributed by atoms with E-state index in [9.17, 15) is 26.8 Å². The van der Waals surface area contributed by atoms with E-state index < -0.39 is 40.5 Å². The monoisotopic (exact) mass is 403 g/mol. The van der Waals surface area contributed by atoms with Crippen molar-refractivity contribution in [3.8, 4) is 5.75 Å². The van der Waals surface area contributed by atoms with Crippen molar-refractivity contribution in [2.75, 3.05) is 11.5 Å². The van der Waals surface area contributed by atoms with E-state index in [1.165, 1.54) is 37.3 Å². The summed E-state index contributed by atoms with van der Waals surface area (Å²) in [4.78, 5) is 23.7. The number of amides is 1. The van der Waals surface area contributed by atoms with E-state index in [1.807, 2.05) is 0 Å². The van der Waals surface area contributed by atoms with Crippen LogP contribution in [0.1, 0.15) is 18.9 Å². The number of ether oxygens (including phenoxy) is 2. The molecule has 0 radical (unpaired) electrons. The Morgan fingerprint density at radius 1 is 1.26 bits per heavy atom. The van der Waals surface area contributed by atoms with E-state index in [2.05, 4.69) is 10.1 Å². The van der Waals surface area contributed by atoms with Crippen molar-refractivity contribution < 1.29 is 36.3 Å². The number of alkyl halides is 2. The van der Waals surface area contributed by atoms with Gasteiger partial charge in [-0.1, -0.05) is 12.1 Å². The van der Waals surface area contributed by atoms with Gasteiger partial charge in [0.1, 0.15) is 5.75 Å². The Morgan fingerprint density at radius 2 is 1.93 bits per heavy atom. The molecule has 0 aromatic heterocycles. The maximum absolute atomic E-state index is 12.1. The highest BCUT2D eigenvalue weighted by atomic mass is 32.2. The first-order chi connectivity index (χ1) is 12.6. The standard InChI is InChI=1S/C17H19F2NO6S/c1-11(16(22)20-13-8-9-27(23,24)10-13)25-15(21)7-4-12-2-5-14(6-3-12)26-17(18)19/h2-7,11,13,17H,8-10H2,1H3,(H,20,22)/b7-4+/t11-,13+/m0/s1. The second kappa shape index (κ2) is 8.94. The smallest absolute Gasteiger partial charge is 0.387 e. The second-order valence-corrected chi connectivity index (χ2v) is 8.20. The van der Waals surface area contributed by atoms with Crippen LogP contribution in [-0.4, -0.2) is 50.6 Å². The fourth-order valence-corrected chi connectivity index (χ4v) is 4.09. The Labute approximate surface area is 155 Å². The van der Waals surface area contributed by atoms with Crippen LogP contribution in [0.15, 0.2) is 30.3 Å². The molecule has 1 heterocycles. The number of carbonyl (C=O) groups is 2. The topological polar surface area (TPSA) is 98.8 Å². The quantitative estimate of drug-likeness (QED) is 0.548. The van der Waals surface area contributed by atoms with E-state index in [-0.39, 0.29) is 17.3 Å². The number of rotatable bonds is 7. The molecular weight excluding hydrogens is 384 g/mol. The lowest BCUT2D eigenvalue weighted by Crippen LogP contribution is -2.42. The first-order valence-electron chi connectivity index (χ1n) is 8.09. The summed E-state index contributed by atoms with van der Waals surface area (Å²) in [5.41, 5.74) is 0.543. The molecule has 0 unspecified atom stereocenters. The number of sulfone groups is 1. The third-order valence-corrected chi connectivity index (χ3v) is 5.53. The lowest BCUT2D eigenvalue weighted by molar-refractivity contribution is -0.150. The van der Waals surface area contributed by atoms with Crippen LogP contribution in [0.5, 0.6) is 5.75 Å². The minimum absolute atomic E-state index is 0.0102. The molecule has 1 saturated heterocycles. The number of nitrogens with one attached hydrogen (secondary N) is 1. The van der Waals surface area contributed by atoms with Gasteiger partial charge in [0.15, 0.2) is 15.9 Å². The number of esters is 1. The summed E-state index contributed by atoms with van der Waals surface area (Å²) in [6.07, 6.45) is 1.72. The van der Waals surface area contributed by atoms with Crippen molar-refractivity contribution in [2.24, 2.45) is 0 Å². The largest absolute Gasteiger partial charge is 0.449 e.